The maximum atomic E-state index is 12.2. The Kier molecular flexibility index (Phi) is 5.04. The largest absolute Gasteiger partial charge is 0.390 e. The molecule has 0 unspecified atom stereocenters. The minimum atomic E-state index is -3.25. The Hall–Kier alpha value is -1.24. The SMILES string of the molecule is Cc1nc(-c2ccccc2)sc1CS(=O)(=O)CCC(C)(C)O. The van der Waals surface area contributed by atoms with Gasteiger partial charge in [0.15, 0.2) is 9.84 Å². The molecule has 2 rings (SSSR count). The van der Waals surface area contributed by atoms with Crippen molar-refractivity contribution in [2.24, 2.45) is 0 Å². The van der Waals surface area contributed by atoms with Gasteiger partial charge in [-0.15, -0.1) is 11.3 Å². The molecule has 0 aliphatic heterocycles. The van der Waals surface area contributed by atoms with Crippen LogP contribution >= 0.6 is 11.3 Å². The molecule has 0 fully saturated rings. The lowest BCUT2D eigenvalue weighted by Gasteiger charge is -2.16. The molecule has 0 atom stereocenters. The van der Waals surface area contributed by atoms with Crippen LogP contribution in [0.15, 0.2) is 30.3 Å². The van der Waals surface area contributed by atoms with E-state index in [1.165, 1.54) is 11.3 Å². The van der Waals surface area contributed by atoms with Gasteiger partial charge < -0.3 is 5.11 Å². The predicted molar refractivity (Wildman–Crippen MR) is 90.7 cm³/mol. The second-order valence-corrected chi connectivity index (χ2v) is 9.32. The number of aromatic nitrogens is 1. The van der Waals surface area contributed by atoms with Gasteiger partial charge >= 0.3 is 0 Å². The highest BCUT2D eigenvalue weighted by molar-refractivity contribution is 7.90. The first-order valence-electron chi connectivity index (χ1n) is 7.11. The maximum Gasteiger partial charge on any atom is 0.155 e. The van der Waals surface area contributed by atoms with Gasteiger partial charge in [-0.1, -0.05) is 30.3 Å². The maximum absolute atomic E-state index is 12.2. The number of rotatable bonds is 6. The van der Waals surface area contributed by atoms with Crippen LogP contribution in [0.25, 0.3) is 10.6 Å². The minimum absolute atomic E-state index is 0.0145. The van der Waals surface area contributed by atoms with Crippen molar-refractivity contribution in [2.45, 2.75) is 38.5 Å². The zero-order chi connectivity index (χ0) is 16.4. The highest BCUT2D eigenvalue weighted by Gasteiger charge is 2.21. The van der Waals surface area contributed by atoms with Crippen molar-refractivity contribution < 1.29 is 13.5 Å². The van der Waals surface area contributed by atoms with Crippen LogP contribution in [-0.2, 0) is 15.6 Å². The van der Waals surface area contributed by atoms with Crippen LogP contribution in [0.2, 0.25) is 0 Å². The van der Waals surface area contributed by atoms with E-state index in [0.29, 0.717) is 0 Å². The molecule has 0 saturated heterocycles. The molecule has 0 aliphatic carbocycles. The molecule has 0 aliphatic rings. The van der Waals surface area contributed by atoms with Gasteiger partial charge in [-0.05, 0) is 27.2 Å². The van der Waals surface area contributed by atoms with Crippen LogP contribution in [-0.4, -0.2) is 29.9 Å². The van der Waals surface area contributed by atoms with Gasteiger partial charge in [0.05, 0.1) is 22.8 Å². The Morgan fingerprint density at radius 3 is 2.45 bits per heavy atom. The van der Waals surface area contributed by atoms with Crippen molar-refractivity contribution in [2.75, 3.05) is 5.75 Å². The predicted octanol–water partition coefficient (Wildman–Crippen LogP) is 3.19. The summed E-state index contributed by atoms with van der Waals surface area (Å²) in [4.78, 5) is 5.25. The zero-order valence-corrected chi connectivity index (χ0v) is 14.7. The number of aliphatic hydroxyl groups is 1. The van der Waals surface area contributed by atoms with Crippen LogP contribution < -0.4 is 0 Å². The fourth-order valence-corrected chi connectivity index (χ4v) is 5.14. The van der Waals surface area contributed by atoms with Gasteiger partial charge in [0, 0.05) is 10.4 Å². The summed E-state index contributed by atoms with van der Waals surface area (Å²) in [6.45, 7) is 5.08. The smallest absolute Gasteiger partial charge is 0.155 e. The van der Waals surface area contributed by atoms with Crippen molar-refractivity contribution in [1.82, 2.24) is 4.98 Å². The first kappa shape index (κ1) is 17.1. The van der Waals surface area contributed by atoms with Gasteiger partial charge in [0.25, 0.3) is 0 Å². The van der Waals surface area contributed by atoms with Crippen molar-refractivity contribution in [1.29, 1.82) is 0 Å². The second kappa shape index (κ2) is 6.48. The molecule has 1 aromatic carbocycles. The van der Waals surface area contributed by atoms with E-state index < -0.39 is 15.4 Å². The van der Waals surface area contributed by atoms with E-state index in [1.54, 1.807) is 13.8 Å². The van der Waals surface area contributed by atoms with E-state index in [0.717, 1.165) is 21.1 Å². The summed E-state index contributed by atoms with van der Waals surface area (Å²) in [5.74, 6) is -0.0338. The van der Waals surface area contributed by atoms with Crippen LogP contribution in [0, 0.1) is 6.92 Å². The van der Waals surface area contributed by atoms with E-state index in [-0.39, 0.29) is 17.9 Å². The Morgan fingerprint density at radius 2 is 1.86 bits per heavy atom. The van der Waals surface area contributed by atoms with Gasteiger partial charge in [0.2, 0.25) is 0 Å². The van der Waals surface area contributed by atoms with Gasteiger partial charge in [-0.3, -0.25) is 0 Å². The number of hydrogen-bond acceptors (Lipinski definition) is 5. The Bertz CT molecular complexity index is 728. The van der Waals surface area contributed by atoms with Crippen molar-refractivity contribution >= 4 is 21.2 Å². The molecule has 0 bridgehead atoms. The first-order valence-corrected chi connectivity index (χ1v) is 9.75. The first-order chi connectivity index (χ1) is 10.2. The molecule has 22 heavy (non-hydrogen) atoms. The van der Waals surface area contributed by atoms with Crippen molar-refractivity contribution in [3.8, 4) is 10.6 Å². The third-order valence-corrected chi connectivity index (χ3v) is 6.23. The summed E-state index contributed by atoms with van der Waals surface area (Å²) in [6.07, 6.45) is 0.235. The number of benzene rings is 1. The van der Waals surface area contributed by atoms with E-state index >= 15 is 0 Å². The molecule has 120 valence electrons. The Balaban J connectivity index is 2.15. The molecule has 6 heteroatoms. The van der Waals surface area contributed by atoms with Crippen molar-refractivity contribution in [3.63, 3.8) is 0 Å². The quantitative estimate of drug-likeness (QED) is 0.877. The number of hydrogen-bond donors (Lipinski definition) is 1. The summed E-state index contributed by atoms with van der Waals surface area (Å²) in [5, 5.41) is 10.5. The number of aryl methyl sites for hydroxylation is 1. The summed E-state index contributed by atoms with van der Waals surface area (Å²) in [7, 11) is -3.25. The number of thiazole rings is 1. The second-order valence-electron chi connectivity index (χ2n) is 6.05. The van der Waals surface area contributed by atoms with Crippen LogP contribution in [0.3, 0.4) is 0 Å². The van der Waals surface area contributed by atoms with Gasteiger partial charge in [-0.25, -0.2) is 13.4 Å². The molecule has 2 aromatic rings. The van der Waals surface area contributed by atoms with Gasteiger partial charge in [-0.2, -0.15) is 0 Å². The average molecular weight is 339 g/mol. The average Bonchev–Trinajstić information content (AvgIpc) is 2.78. The Labute approximate surface area is 135 Å². The summed E-state index contributed by atoms with van der Waals surface area (Å²) < 4.78 is 24.4. The third kappa shape index (κ3) is 4.90. The van der Waals surface area contributed by atoms with Gasteiger partial charge in [0.1, 0.15) is 5.01 Å². The number of nitrogens with zero attached hydrogens (tertiary/aromatic N) is 1. The summed E-state index contributed by atoms with van der Waals surface area (Å²) in [5.41, 5.74) is 0.789. The van der Waals surface area contributed by atoms with E-state index in [4.69, 9.17) is 0 Å². The normalized spacial score (nSPS) is 12.5. The molecule has 0 spiro atoms. The molecule has 1 heterocycles. The molecule has 0 amide bonds. The fourth-order valence-electron chi connectivity index (χ4n) is 1.94. The third-order valence-electron chi connectivity index (χ3n) is 3.29. The molecule has 1 N–H and O–H groups in total. The number of sulfone groups is 1. The minimum Gasteiger partial charge on any atom is -0.390 e. The van der Waals surface area contributed by atoms with E-state index in [2.05, 4.69) is 4.98 Å². The molecule has 0 radical (unpaired) electrons. The highest BCUT2D eigenvalue weighted by atomic mass is 32.2. The molecule has 0 saturated carbocycles. The monoisotopic (exact) mass is 339 g/mol. The van der Waals surface area contributed by atoms with Crippen LogP contribution in [0.1, 0.15) is 30.8 Å². The lowest BCUT2D eigenvalue weighted by atomic mass is 10.1. The molecule has 4 nitrogen and oxygen atoms in total. The molecular weight excluding hydrogens is 318 g/mol. The lowest BCUT2D eigenvalue weighted by Crippen LogP contribution is -2.23. The Morgan fingerprint density at radius 1 is 1.23 bits per heavy atom. The summed E-state index contributed by atoms with van der Waals surface area (Å²) >= 11 is 1.42. The van der Waals surface area contributed by atoms with Crippen LogP contribution in [0.4, 0.5) is 0 Å². The molecule has 1 aromatic heterocycles. The highest BCUT2D eigenvalue weighted by Crippen LogP contribution is 2.29. The standard InChI is InChI=1S/C16H21NO3S2/c1-12-14(11-22(19,20)10-9-16(2,3)18)21-15(17-12)13-7-5-4-6-8-13/h4-8,18H,9-11H2,1-3H3. The topological polar surface area (TPSA) is 67.3 Å². The van der Waals surface area contributed by atoms with E-state index in [1.807, 2.05) is 37.3 Å². The molecular formula is C16H21NO3S2. The zero-order valence-electron chi connectivity index (χ0n) is 13.0. The van der Waals surface area contributed by atoms with Crippen molar-refractivity contribution in [3.05, 3.63) is 40.9 Å². The van der Waals surface area contributed by atoms with Crippen LogP contribution in [0.5, 0.6) is 0 Å². The van der Waals surface area contributed by atoms with E-state index in [9.17, 15) is 13.5 Å². The summed E-state index contributed by atoms with van der Waals surface area (Å²) in [6, 6.07) is 9.74. The fraction of sp³-hybridized carbons (Fsp3) is 0.438. The lowest BCUT2D eigenvalue weighted by molar-refractivity contribution is 0.0772.